The molecular weight excluding hydrogens is 416 g/mol. The number of benzene rings is 2. The molecule has 1 atom stereocenters. The second-order valence-corrected chi connectivity index (χ2v) is 8.32. The molecule has 0 bridgehead atoms. The van der Waals surface area contributed by atoms with Gasteiger partial charge in [-0.25, -0.2) is 4.98 Å². The maximum absolute atomic E-state index is 13.5. The summed E-state index contributed by atoms with van der Waals surface area (Å²) in [7, 11) is 4.68. The Balaban J connectivity index is 1.64. The molecule has 2 heterocycles. The lowest BCUT2D eigenvalue weighted by Gasteiger charge is -2.23. The van der Waals surface area contributed by atoms with Gasteiger partial charge in [0.25, 0.3) is 0 Å². The summed E-state index contributed by atoms with van der Waals surface area (Å²) >= 11 is 1.52. The number of carbonyl (C=O) groups excluding carboxylic acids is 1. The van der Waals surface area contributed by atoms with Crippen molar-refractivity contribution in [2.45, 2.75) is 25.4 Å². The molecule has 1 aliphatic heterocycles. The minimum Gasteiger partial charge on any atom is -0.493 e. The average molecular weight is 443 g/mol. The van der Waals surface area contributed by atoms with Crippen molar-refractivity contribution in [3.63, 3.8) is 0 Å². The largest absolute Gasteiger partial charge is 0.493 e. The van der Waals surface area contributed by atoms with Crippen LogP contribution in [0.1, 0.15) is 18.4 Å². The number of anilines is 1. The summed E-state index contributed by atoms with van der Waals surface area (Å²) in [6.45, 7) is 1.22. The first-order valence-corrected chi connectivity index (χ1v) is 11.0. The van der Waals surface area contributed by atoms with Crippen molar-refractivity contribution in [3.05, 3.63) is 42.0 Å². The van der Waals surface area contributed by atoms with Gasteiger partial charge in [0.1, 0.15) is 0 Å². The Kier molecular flexibility index (Phi) is 6.58. The van der Waals surface area contributed by atoms with Crippen molar-refractivity contribution in [1.29, 1.82) is 0 Å². The van der Waals surface area contributed by atoms with Crippen LogP contribution in [-0.4, -0.2) is 51.5 Å². The van der Waals surface area contributed by atoms with E-state index in [1.54, 1.807) is 26.2 Å². The molecule has 4 rings (SSSR count). The van der Waals surface area contributed by atoms with E-state index in [4.69, 9.17) is 23.9 Å². The highest BCUT2D eigenvalue weighted by molar-refractivity contribution is 7.22. The van der Waals surface area contributed by atoms with Crippen LogP contribution in [0.3, 0.4) is 0 Å². The molecule has 2 aromatic carbocycles. The molecule has 164 valence electrons. The molecule has 0 unspecified atom stereocenters. The predicted molar refractivity (Wildman–Crippen MR) is 121 cm³/mol. The van der Waals surface area contributed by atoms with Gasteiger partial charge in [0.2, 0.25) is 11.7 Å². The highest BCUT2D eigenvalue weighted by Gasteiger charge is 2.27. The lowest BCUT2D eigenvalue weighted by molar-refractivity contribution is -0.118. The third-order valence-corrected chi connectivity index (χ3v) is 6.36. The first-order chi connectivity index (χ1) is 15.1. The maximum atomic E-state index is 13.5. The molecule has 1 fully saturated rings. The molecule has 1 amide bonds. The van der Waals surface area contributed by atoms with Crippen molar-refractivity contribution in [1.82, 2.24) is 4.98 Å². The third-order valence-electron chi connectivity index (χ3n) is 5.30. The van der Waals surface area contributed by atoms with Crippen LogP contribution in [0.2, 0.25) is 0 Å². The van der Waals surface area contributed by atoms with Gasteiger partial charge in [0, 0.05) is 6.61 Å². The molecule has 0 aliphatic carbocycles. The van der Waals surface area contributed by atoms with E-state index in [0.717, 1.165) is 35.2 Å². The van der Waals surface area contributed by atoms with E-state index in [1.165, 1.54) is 11.3 Å². The van der Waals surface area contributed by atoms with E-state index in [1.807, 2.05) is 36.4 Å². The minimum absolute atomic E-state index is 0.0240. The van der Waals surface area contributed by atoms with Crippen LogP contribution in [0.25, 0.3) is 10.2 Å². The molecule has 8 heteroatoms. The highest BCUT2D eigenvalue weighted by Crippen LogP contribution is 2.38. The van der Waals surface area contributed by atoms with Crippen LogP contribution < -0.4 is 19.1 Å². The first kappa shape index (κ1) is 21.4. The Labute approximate surface area is 185 Å². The molecule has 0 radical (unpaired) electrons. The molecule has 7 nitrogen and oxygen atoms in total. The van der Waals surface area contributed by atoms with Crippen LogP contribution in [0.5, 0.6) is 17.2 Å². The number of methoxy groups -OCH3 is 3. The SMILES string of the molecule is COc1cc(CC(=O)N(C[C@H]2CCCO2)c2nc3ccccc3s2)cc(OC)c1OC. The summed E-state index contributed by atoms with van der Waals surface area (Å²) in [5.41, 5.74) is 1.67. The van der Waals surface area contributed by atoms with E-state index >= 15 is 0 Å². The van der Waals surface area contributed by atoms with Gasteiger partial charge in [0.15, 0.2) is 16.6 Å². The zero-order valence-electron chi connectivity index (χ0n) is 17.9. The van der Waals surface area contributed by atoms with Crippen molar-refractivity contribution in [3.8, 4) is 17.2 Å². The molecule has 1 aliphatic rings. The topological polar surface area (TPSA) is 70.1 Å². The molecule has 3 aromatic rings. The quantitative estimate of drug-likeness (QED) is 0.524. The summed E-state index contributed by atoms with van der Waals surface area (Å²) in [5, 5.41) is 0.689. The fourth-order valence-corrected chi connectivity index (χ4v) is 4.75. The molecule has 1 saturated heterocycles. The zero-order chi connectivity index (χ0) is 21.8. The van der Waals surface area contributed by atoms with Crippen LogP contribution in [-0.2, 0) is 16.0 Å². The van der Waals surface area contributed by atoms with Gasteiger partial charge >= 0.3 is 0 Å². The number of amides is 1. The number of nitrogens with zero attached hydrogens (tertiary/aromatic N) is 2. The molecular formula is C23H26N2O5S. The van der Waals surface area contributed by atoms with E-state index < -0.39 is 0 Å². The summed E-state index contributed by atoms with van der Waals surface area (Å²) in [6.07, 6.45) is 2.16. The Morgan fingerprint density at radius 2 is 1.90 bits per heavy atom. The van der Waals surface area contributed by atoms with Crippen LogP contribution in [0.15, 0.2) is 36.4 Å². The number of hydrogen-bond acceptors (Lipinski definition) is 7. The fourth-order valence-electron chi connectivity index (χ4n) is 3.76. The van der Waals surface area contributed by atoms with Gasteiger partial charge in [-0.1, -0.05) is 23.5 Å². The lowest BCUT2D eigenvalue weighted by atomic mass is 10.1. The normalized spacial score (nSPS) is 15.8. The summed E-state index contributed by atoms with van der Waals surface area (Å²) in [5.74, 6) is 1.50. The van der Waals surface area contributed by atoms with Crippen molar-refractivity contribution >= 4 is 32.6 Å². The Morgan fingerprint density at radius 3 is 2.52 bits per heavy atom. The fraction of sp³-hybridized carbons (Fsp3) is 0.391. The van der Waals surface area contributed by atoms with Gasteiger partial charge in [-0.05, 0) is 42.7 Å². The third kappa shape index (κ3) is 4.60. The summed E-state index contributed by atoms with van der Waals surface area (Å²) < 4.78 is 23.1. The predicted octanol–water partition coefficient (Wildman–Crippen LogP) is 4.08. The molecule has 0 saturated carbocycles. The van der Waals surface area contributed by atoms with Crippen molar-refractivity contribution in [2.24, 2.45) is 0 Å². The second-order valence-electron chi connectivity index (χ2n) is 7.31. The molecule has 1 aromatic heterocycles. The number of thiazole rings is 1. The zero-order valence-corrected chi connectivity index (χ0v) is 18.7. The van der Waals surface area contributed by atoms with E-state index in [2.05, 4.69) is 0 Å². The van der Waals surface area contributed by atoms with Crippen LogP contribution >= 0.6 is 11.3 Å². The Morgan fingerprint density at radius 1 is 1.16 bits per heavy atom. The summed E-state index contributed by atoms with van der Waals surface area (Å²) in [4.78, 5) is 19.9. The summed E-state index contributed by atoms with van der Waals surface area (Å²) in [6, 6.07) is 11.5. The van der Waals surface area contributed by atoms with Gasteiger partial charge in [-0.15, -0.1) is 0 Å². The van der Waals surface area contributed by atoms with Gasteiger partial charge < -0.3 is 18.9 Å². The monoisotopic (exact) mass is 442 g/mol. The van der Waals surface area contributed by atoms with Crippen LogP contribution in [0.4, 0.5) is 5.13 Å². The highest BCUT2D eigenvalue weighted by atomic mass is 32.1. The lowest BCUT2D eigenvalue weighted by Crippen LogP contribution is -2.38. The van der Waals surface area contributed by atoms with E-state index in [9.17, 15) is 4.79 Å². The van der Waals surface area contributed by atoms with Crippen molar-refractivity contribution < 1.29 is 23.7 Å². The van der Waals surface area contributed by atoms with Crippen molar-refractivity contribution in [2.75, 3.05) is 39.4 Å². The molecule has 0 spiro atoms. The first-order valence-electron chi connectivity index (χ1n) is 10.2. The molecule has 31 heavy (non-hydrogen) atoms. The number of para-hydroxylation sites is 1. The number of aromatic nitrogens is 1. The van der Waals surface area contributed by atoms with Gasteiger partial charge in [-0.3, -0.25) is 9.69 Å². The van der Waals surface area contributed by atoms with E-state index in [0.29, 0.717) is 28.9 Å². The Hall–Kier alpha value is -2.84. The number of hydrogen-bond donors (Lipinski definition) is 0. The smallest absolute Gasteiger partial charge is 0.233 e. The Bertz CT molecular complexity index is 1000. The minimum atomic E-state index is -0.0520. The second kappa shape index (κ2) is 9.53. The number of fused-ring (bicyclic) bond motifs is 1. The maximum Gasteiger partial charge on any atom is 0.233 e. The van der Waals surface area contributed by atoms with Crippen LogP contribution in [0, 0.1) is 0 Å². The number of carbonyl (C=O) groups is 1. The number of rotatable bonds is 8. The average Bonchev–Trinajstić information content (AvgIpc) is 3.45. The van der Waals surface area contributed by atoms with Gasteiger partial charge in [-0.2, -0.15) is 0 Å². The number of ether oxygens (including phenoxy) is 4. The van der Waals surface area contributed by atoms with E-state index in [-0.39, 0.29) is 18.4 Å². The standard InChI is InChI=1S/C23H26N2O5S/c1-27-18-11-15(12-19(28-2)22(18)29-3)13-21(26)25(14-16-7-6-10-30-16)23-24-17-8-4-5-9-20(17)31-23/h4-5,8-9,11-12,16H,6-7,10,13-14H2,1-3H3/t16-/m1/s1. The molecule has 0 N–H and O–H groups in total. The van der Waals surface area contributed by atoms with Gasteiger partial charge in [0.05, 0.1) is 50.6 Å².